The first-order chi connectivity index (χ1) is 13.7. The summed E-state index contributed by atoms with van der Waals surface area (Å²) in [5.74, 6) is 1.69. The van der Waals surface area contributed by atoms with Gasteiger partial charge in [0.05, 0.1) is 13.2 Å². The van der Waals surface area contributed by atoms with Gasteiger partial charge in [-0.05, 0) is 43.2 Å². The summed E-state index contributed by atoms with van der Waals surface area (Å²) in [5.41, 5.74) is 2.83. The third kappa shape index (κ3) is 5.95. The van der Waals surface area contributed by atoms with E-state index in [9.17, 15) is 0 Å². The molecule has 0 radical (unpaired) electrons. The van der Waals surface area contributed by atoms with Crippen LogP contribution in [0.1, 0.15) is 50.7 Å². The largest absolute Gasteiger partial charge is 0.379 e. The van der Waals surface area contributed by atoms with Crippen LogP contribution >= 0.6 is 0 Å². The Hall–Kier alpha value is -1.59. The number of ether oxygens (including phenoxy) is 1. The molecular formula is C23H38N4O. The Balaban J connectivity index is 1.47. The van der Waals surface area contributed by atoms with Crippen molar-refractivity contribution >= 4 is 5.96 Å². The van der Waals surface area contributed by atoms with Crippen LogP contribution in [0.2, 0.25) is 0 Å². The van der Waals surface area contributed by atoms with Gasteiger partial charge in [0.25, 0.3) is 0 Å². The molecule has 0 aromatic heterocycles. The molecule has 1 atom stereocenters. The van der Waals surface area contributed by atoms with E-state index in [1.807, 2.05) is 0 Å². The Morgan fingerprint density at radius 1 is 1.18 bits per heavy atom. The summed E-state index contributed by atoms with van der Waals surface area (Å²) in [6.45, 7) is 14.5. The molecule has 2 aliphatic heterocycles. The van der Waals surface area contributed by atoms with Gasteiger partial charge in [-0.15, -0.1) is 0 Å². The molecule has 1 aromatic carbocycles. The van der Waals surface area contributed by atoms with E-state index in [-0.39, 0.29) is 0 Å². The van der Waals surface area contributed by atoms with Gasteiger partial charge < -0.3 is 15.0 Å². The Bertz CT molecular complexity index is 608. The maximum Gasteiger partial charge on any atom is 0.193 e. The van der Waals surface area contributed by atoms with Crippen molar-refractivity contribution in [2.45, 2.75) is 52.0 Å². The maximum atomic E-state index is 5.50. The average Bonchev–Trinajstić information content (AvgIpc) is 3.21. The second kappa shape index (κ2) is 10.8. The maximum absolute atomic E-state index is 5.50. The smallest absolute Gasteiger partial charge is 0.193 e. The van der Waals surface area contributed by atoms with E-state index in [1.54, 1.807) is 0 Å². The van der Waals surface area contributed by atoms with Crippen LogP contribution in [0.3, 0.4) is 0 Å². The second-order valence-corrected chi connectivity index (χ2v) is 8.27. The predicted molar refractivity (Wildman–Crippen MR) is 117 cm³/mol. The number of hydrogen-bond donors (Lipinski definition) is 1. The molecule has 0 saturated carbocycles. The van der Waals surface area contributed by atoms with Crippen LogP contribution in [0.5, 0.6) is 0 Å². The number of guanidine groups is 1. The van der Waals surface area contributed by atoms with Gasteiger partial charge in [-0.25, -0.2) is 0 Å². The van der Waals surface area contributed by atoms with Crippen LogP contribution in [0.25, 0.3) is 0 Å². The predicted octanol–water partition coefficient (Wildman–Crippen LogP) is 3.11. The summed E-state index contributed by atoms with van der Waals surface area (Å²) in [7, 11) is 0. The summed E-state index contributed by atoms with van der Waals surface area (Å²) in [5, 5.41) is 3.50. The molecule has 0 aliphatic carbocycles. The number of nitrogens with zero attached hydrogens (tertiary/aromatic N) is 3. The van der Waals surface area contributed by atoms with Crippen molar-refractivity contribution in [1.29, 1.82) is 0 Å². The topological polar surface area (TPSA) is 40.1 Å². The third-order valence-electron chi connectivity index (χ3n) is 5.89. The summed E-state index contributed by atoms with van der Waals surface area (Å²) in [6.07, 6.45) is 3.42. The van der Waals surface area contributed by atoms with E-state index in [2.05, 4.69) is 60.2 Å². The quantitative estimate of drug-likeness (QED) is 0.444. The van der Waals surface area contributed by atoms with Gasteiger partial charge in [0, 0.05) is 45.3 Å². The number of hydrogen-bond acceptors (Lipinski definition) is 3. The molecule has 2 aliphatic rings. The molecule has 5 nitrogen and oxygen atoms in total. The van der Waals surface area contributed by atoms with Crippen molar-refractivity contribution in [2.75, 3.05) is 52.5 Å². The van der Waals surface area contributed by atoms with Crippen molar-refractivity contribution in [3.8, 4) is 0 Å². The summed E-state index contributed by atoms with van der Waals surface area (Å²) in [4.78, 5) is 9.96. The Morgan fingerprint density at radius 2 is 1.93 bits per heavy atom. The van der Waals surface area contributed by atoms with Crippen molar-refractivity contribution < 1.29 is 4.74 Å². The lowest BCUT2D eigenvalue weighted by molar-refractivity contribution is 0.0195. The highest BCUT2D eigenvalue weighted by Gasteiger charge is 2.30. The van der Waals surface area contributed by atoms with Crippen LogP contribution in [0, 0.1) is 0 Å². The first kappa shape index (κ1) is 21.1. The zero-order chi connectivity index (χ0) is 19.8. The fraction of sp³-hybridized carbons (Fsp3) is 0.696. The van der Waals surface area contributed by atoms with Gasteiger partial charge in [0.2, 0.25) is 0 Å². The molecule has 3 rings (SSSR count). The van der Waals surface area contributed by atoms with Gasteiger partial charge in [-0.1, -0.05) is 38.1 Å². The second-order valence-electron chi connectivity index (χ2n) is 8.27. The van der Waals surface area contributed by atoms with Crippen LogP contribution < -0.4 is 5.32 Å². The van der Waals surface area contributed by atoms with Crippen LogP contribution in [-0.4, -0.2) is 74.3 Å². The molecule has 156 valence electrons. The van der Waals surface area contributed by atoms with Gasteiger partial charge in [0.1, 0.15) is 0 Å². The van der Waals surface area contributed by atoms with E-state index in [4.69, 9.17) is 9.73 Å². The van der Waals surface area contributed by atoms with Gasteiger partial charge >= 0.3 is 0 Å². The molecule has 0 bridgehead atoms. The Kier molecular flexibility index (Phi) is 8.16. The molecule has 2 saturated heterocycles. The zero-order valence-electron chi connectivity index (χ0n) is 18.0. The summed E-state index contributed by atoms with van der Waals surface area (Å²) < 4.78 is 5.50. The van der Waals surface area contributed by atoms with Crippen molar-refractivity contribution in [3.05, 3.63) is 35.4 Å². The standard InChI is InChI=1S/C23H38N4O/c1-4-24-23(27-13-11-22(18-27)26-14-16-28-17-15-26)25-12-5-6-20-7-9-21(10-8-20)19(2)3/h7-10,19,22H,4-6,11-18H2,1-3H3,(H,24,25). The molecule has 2 fully saturated rings. The minimum atomic E-state index is 0.600. The number of aryl methyl sites for hydroxylation is 1. The molecule has 0 amide bonds. The first-order valence-electron chi connectivity index (χ1n) is 11.1. The normalized spacial score (nSPS) is 21.5. The minimum absolute atomic E-state index is 0.600. The molecule has 2 heterocycles. The van der Waals surface area contributed by atoms with E-state index in [1.165, 1.54) is 17.5 Å². The number of likely N-dealkylation sites (tertiary alicyclic amines) is 1. The van der Waals surface area contributed by atoms with Crippen LogP contribution in [0.4, 0.5) is 0 Å². The fourth-order valence-electron chi connectivity index (χ4n) is 4.14. The van der Waals surface area contributed by atoms with Crippen LogP contribution in [-0.2, 0) is 11.2 Å². The zero-order valence-corrected chi connectivity index (χ0v) is 18.0. The molecule has 1 unspecified atom stereocenters. The first-order valence-corrected chi connectivity index (χ1v) is 11.1. The van der Waals surface area contributed by atoms with E-state index < -0.39 is 0 Å². The average molecular weight is 387 g/mol. The number of benzene rings is 1. The van der Waals surface area contributed by atoms with Crippen molar-refractivity contribution in [1.82, 2.24) is 15.1 Å². The number of nitrogens with one attached hydrogen (secondary N) is 1. The minimum Gasteiger partial charge on any atom is -0.379 e. The molecule has 28 heavy (non-hydrogen) atoms. The number of rotatable bonds is 7. The fourth-order valence-corrected chi connectivity index (χ4v) is 4.14. The Morgan fingerprint density at radius 3 is 2.61 bits per heavy atom. The number of morpholine rings is 1. The van der Waals surface area contributed by atoms with Crippen molar-refractivity contribution in [2.24, 2.45) is 4.99 Å². The SMILES string of the molecule is CCNC(=NCCCc1ccc(C(C)C)cc1)N1CCC(N2CCOCC2)C1. The van der Waals surface area contributed by atoms with E-state index >= 15 is 0 Å². The highest BCUT2D eigenvalue weighted by atomic mass is 16.5. The molecule has 1 aromatic rings. The highest BCUT2D eigenvalue weighted by molar-refractivity contribution is 5.80. The highest BCUT2D eigenvalue weighted by Crippen LogP contribution is 2.18. The van der Waals surface area contributed by atoms with Gasteiger partial charge in [-0.3, -0.25) is 9.89 Å². The van der Waals surface area contributed by atoms with Gasteiger partial charge in [-0.2, -0.15) is 0 Å². The molecule has 0 spiro atoms. The monoisotopic (exact) mass is 386 g/mol. The molecular weight excluding hydrogens is 348 g/mol. The lowest BCUT2D eigenvalue weighted by Gasteiger charge is -2.32. The Labute approximate surface area is 171 Å². The van der Waals surface area contributed by atoms with Crippen molar-refractivity contribution in [3.63, 3.8) is 0 Å². The lowest BCUT2D eigenvalue weighted by Crippen LogP contribution is -2.46. The molecule has 1 N–H and O–H groups in total. The number of aliphatic imine (C=N–C) groups is 1. The third-order valence-corrected chi connectivity index (χ3v) is 5.89. The van der Waals surface area contributed by atoms with E-state index in [0.29, 0.717) is 12.0 Å². The van der Waals surface area contributed by atoms with Crippen LogP contribution in [0.15, 0.2) is 29.3 Å². The van der Waals surface area contributed by atoms with Gasteiger partial charge in [0.15, 0.2) is 5.96 Å². The lowest BCUT2D eigenvalue weighted by atomic mass is 10.0. The molecule has 5 heteroatoms. The summed E-state index contributed by atoms with van der Waals surface area (Å²) >= 11 is 0. The van der Waals surface area contributed by atoms with E-state index in [0.717, 1.165) is 71.3 Å². The summed E-state index contributed by atoms with van der Waals surface area (Å²) in [6, 6.07) is 9.73.